The number of nitrogens with two attached hydrogens (primary N) is 1. The Kier molecular flexibility index (Phi) is 5.98. The van der Waals surface area contributed by atoms with Crippen LogP contribution in [0.4, 0.5) is 0 Å². The fourth-order valence-corrected chi connectivity index (χ4v) is 1.85. The van der Waals surface area contributed by atoms with E-state index >= 15 is 0 Å². The van der Waals surface area contributed by atoms with Crippen molar-refractivity contribution in [2.45, 2.75) is 20.1 Å². The SMILES string of the molecule is CCOC(C)Oc1ccc(C(=O)CBr)cc1C(N)=O. The van der Waals surface area contributed by atoms with E-state index in [2.05, 4.69) is 15.9 Å². The predicted octanol–water partition coefficient (Wildman–Crippen LogP) is 2.12. The smallest absolute Gasteiger partial charge is 0.252 e. The van der Waals surface area contributed by atoms with E-state index in [1.54, 1.807) is 19.1 Å². The second-order valence-electron chi connectivity index (χ2n) is 3.77. The van der Waals surface area contributed by atoms with E-state index in [1.807, 2.05) is 6.92 Å². The van der Waals surface area contributed by atoms with E-state index in [-0.39, 0.29) is 16.7 Å². The summed E-state index contributed by atoms with van der Waals surface area (Å²) in [5.41, 5.74) is 5.86. The number of carbonyl (C=O) groups is 2. The molecule has 19 heavy (non-hydrogen) atoms. The number of halogens is 1. The molecule has 1 amide bonds. The van der Waals surface area contributed by atoms with E-state index in [4.69, 9.17) is 15.2 Å². The van der Waals surface area contributed by atoms with Crippen LogP contribution in [0, 0.1) is 0 Å². The molecule has 1 atom stereocenters. The highest BCUT2D eigenvalue weighted by Gasteiger charge is 2.15. The first-order valence-electron chi connectivity index (χ1n) is 5.80. The molecule has 0 radical (unpaired) electrons. The first-order chi connectivity index (χ1) is 8.99. The van der Waals surface area contributed by atoms with Gasteiger partial charge in [0.2, 0.25) is 0 Å². The average molecular weight is 330 g/mol. The Balaban J connectivity index is 3.05. The molecule has 0 aliphatic rings. The largest absolute Gasteiger partial charge is 0.464 e. The zero-order valence-electron chi connectivity index (χ0n) is 10.8. The monoisotopic (exact) mass is 329 g/mol. The summed E-state index contributed by atoms with van der Waals surface area (Å²) in [5.74, 6) is -0.477. The van der Waals surface area contributed by atoms with Crippen LogP contribution >= 0.6 is 15.9 Å². The van der Waals surface area contributed by atoms with Gasteiger partial charge in [-0.2, -0.15) is 0 Å². The number of alkyl halides is 1. The molecule has 1 unspecified atom stereocenters. The van der Waals surface area contributed by atoms with Crippen LogP contribution in [-0.2, 0) is 4.74 Å². The lowest BCUT2D eigenvalue weighted by Gasteiger charge is -2.16. The van der Waals surface area contributed by atoms with Gasteiger partial charge >= 0.3 is 0 Å². The van der Waals surface area contributed by atoms with Crippen LogP contribution in [0.2, 0.25) is 0 Å². The van der Waals surface area contributed by atoms with Crippen molar-refractivity contribution in [1.82, 2.24) is 0 Å². The molecule has 6 heteroatoms. The third-order valence-electron chi connectivity index (χ3n) is 2.38. The van der Waals surface area contributed by atoms with Crippen LogP contribution in [0.15, 0.2) is 18.2 Å². The minimum atomic E-state index is -0.650. The van der Waals surface area contributed by atoms with Crippen molar-refractivity contribution in [3.05, 3.63) is 29.3 Å². The quantitative estimate of drug-likeness (QED) is 0.472. The Morgan fingerprint density at radius 3 is 2.63 bits per heavy atom. The molecule has 1 aromatic carbocycles. The number of Topliss-reactive ketones (excluding diaryl/α,β-unsaturated/α-hetero) is 1. The zero-order valence-corrected chi connectivity index (χ0v) is 12.4. The Bertz CT molecular complexity index is 476. The molecule has 0 fully saturated rings. The summed E-state index contributed by atoms with van der Waals surface area (Å²) in [6, 6.07) is 4.56. The van der Waals surface area contributed by atoms with Crippen molar-refractivity contribution >= 4 is 27.6 Å². The molecule has 0 saturated heterocycles. The number of ether oxygens (including phenoxy) is 2. The molecule has 5 nitrogen and oxygen atoms in total. The van der Waals surface area contributed by atoms with Crippen LogP contribution < -0.4 is 10.5 Å². The van der Waals surface area contributed by atoms with Gasteiger partial charge in [0.1, 0.15) is 5.75 Å². The standard InChI is InChI=1S/C13H16BrNO4/c1-3-18-8(2)19-12-5-4-9(11(16)7-14)6-10(12)13(15)17/h4-6,8H,3,7H2,1-2H3,(H2,15,17). The highest BCUT2D eigenvalue weighted by Crippen LogP contribution is 2.22. The highest BCUT2D eigenvalue weighted by atomic mass is 79.9. The number of hydrogen-bond donors (Lipinski definition) is 1. The normalized spacial score (nSPS) is 11.9. The summed E-state index contributed by atoms with van der Waals surface area (Å²) < 4.78 is 10.7. The number of primary amides is 1. The summed E-state index contributed by atoms with van der Waals surface area (Å²) in [4.78, 5) is 23.0. The zero-order chi connectivity index (χ0) is 14.4. The molecular formula is C13H16BrNO4. The van der Waals surface area contributed by atoms with Gasteiger partial charge in [-0.1, -0.05) is 15.9 Å². The van der Waals surface area contributed by atoms with Crippen molar-refractivity contribution in [1.29, 1.82) is 0 Å². The first-order valence-corrected chi connectivity index (χ1v) is 6.93. The van der Waals surface area contributed by atoms with Gasteiger partial charge in [-0.15, -0.1) is 0 Å². The summed E-state index contributed by atoms with van der Waals surface area (Å²) in [5, 5.41) is 0.181. The topological polar surface area (TPSA) is 78.6 Å². The van der Waals surface area contributed by atoms with Gasteiger partial charge in [0.15, 0.2) is 12.1 Å². The maximum atomic E-state index is 11.6. The third-order valence-corrected chi connectivity index (χ3v) is 2.89. The molecule has 0 aliphatic carbocycles. The van der Waals surface area contributed by atoms with E-state index in [0.29, 0.717) is 17.9 Å². The van der Waals surface area contributed by atoms with E-state index in [0.717, 1.165) is 0 Å². The lowest BCUT2D eigenvalue weighted by molar-refractivity contribution is -0.0615. The Hall–Kier alpha value is -1.40. The fraction of sp³-hybridized carbons (Fsp3) is 0.385. The second kappa shape index (κ2) is 7.25. The maximum absolute atomic E-state index is 11.6. The van der Waals surface area contributed by atoms with Crippen molar-refractivity contribution in [2.75, 3.05) is 11.9 Å². The molecular weight excluding hydrogens is 314 g/mol. The van der Waals surface area contributed by atoms with Gasteiger partial charge in [0.05, 0.1) is 10.9 Å². The summed E-state index contributed by atoms with van der Waals surface area (Å²) >= 11 is 3.08. The van der Waals surface area contributed by atoms with E-state index in [1.165, 1.54) is 6.07 Å². The minimum Gasteiger partial charge on any atom is -0.464 e. The highest BCUT2D eigenvalue weighted by molar-refractivity contribution is 9.09. The van der Waals surface area contributed by atoms with Crippen molar-refractivity contribution in [3.63, 3.8) is 0 Å². The van der Waals surface area contributed by atoms with Crippen LogP contribution in [0.25, 0.3) is 0 Å². The van der Waals surface area contributed by atoms with Gasteiger partial charge < -0.3 is 15.2 Å². The van der Waals surface area contributed by atoms with Gasteiger partial charge in [0.25, 0.3) is 5.91 Å². The maximum Gasteiger partial charge on any atom is 0.252 e. The molecule has 2 N–H and O–H groups in total. The van der Waals surface area contributed by atoms with E-state index < -0.39 is 12.2 Å². The molecule has 1 rings (SSSR count). The third kappa shape index (κ3) is 4.33. The lowest BCUT2D eigenvalue weighted by atomic mass is 10.1. The fourth-order valence-electron chi connectivity index (χ4n) is 1.52. The lowest BCUT2D eigenvalue weighted by Crippen LogP contribution is -2.20. The molecule has 0 spiro atoms. The van der Waals surface area contributed by atoms with E-state index in [9.17, 15) is 9.59 Å². The van der Waals surface area contributed by atoms with Crippen LogP contribution in [-0.4, -0.2) is 29.9 Å². The van der Waals surface area contributed by atoms with Crippen LogP contribution in [0.1, 0.15) is 34.6 Å². The second-order valence-corrected chi connectivity index (χ2v) is 4.33. The molecule has 0 aromatic heterocycles. The van der Waals surface area contributed by atoms with Crippen LogP contribution in [0.3, 0.4) is 0 Å². The molecule has 1 aromatic rings. The van der Waals surface area contributed by atoms with Gasteiger partial charge in [-0.25, -0.2) is 0 Å². The molecule has 0 bridgehead atoms. The molecule has 0 aliphatic heterocycles. The number of carbonyl (C=O) groups excluding carboxylic acids is 2. The first kappa shape index (κ1) is 15.7. The summed E-state index contributed by atoms with van der Waals surface area (Å²) in [7, 11) is 0. The van der Waals surface area contributed by atoms with Gasteiger partial charge in [0, 0.05) is 12.2 Å². The molecule has 0 heterocycles. The molecule has 0 saturated carbocycles. The van der Waals surface area contributed by atoms with Gasteiger partial charge in [-0.3, -0.25) is 9.59 Å². The Morgan fingerprint density at radius 2 is 2.11 bits per heavy atom. The predicted molar refractivity (Wildman–Crippen MR) is 74.8 cm³/mol. The Labute approximate surface area is 120 Å². The number of rotatable bonds is 7. The number of hydrogen-bond acceptors (Lipinski definition) is 4. The average Bonchev–Trinajstić information content (AvgIpc) is 2.38. The summed E-state index contributed by atoms with van der Waals surface area (Å²) in [6.07, 6.45) is -0.499. The van der Waals surface area contributed by atoms with Crippen molar-refractivity contribution in [2.24, 2.45) is 5.73 Å². The number of benzene rings is 1. The summed E-state index contributed by atoms with van der Waals surface area (Å²) in [6.45, 7) is 4.05. The van der Waals surface area contributed by atoms with Crippen molar-refractivity contribution in [3.8, 4) is 5.75 Å². The minimum absolute atomic E-state index is 0.132. The Morgan fingerprint density at radius 1 is 1.42 bits per heavy atom. The van der Waals surface area contributed by atoms with Crippen molar-refractivity contribution < 1.29 is 19.1 Å². The van der Waals surface area contributed by atoms with Crippen LogP contribution in [0.5, 0.6) is 5.75 Å². The number of ketones is 1. The molecule has 104 valence electrons. The van der Waals surface area contributed by atoms with Gasteiger partial charge in [-0.05, 0) is 32.0 Å². The number of amides is 1.